The highest BCUT2D eigenvalue weighted by Gasteiger charge is 2.34. The molecule has 1 N–H and O–H groups in total. The Morgan fingerprint density at radius 2 is 1.89 bits per heavy atom. The van der Waals surface area contributed by atoms with Crippen LogP contribution in [0.25, 0.3) is 0 Å². The van der Waals surface area contributed by atoms with Crippen molar-refractivity contribution >= 4 is 0 Å². The van der Waals surface area contributed by atoms with Crippen LogP contribution in [-0.4, -0.2) is 60.6 Å². The predicted molar refractivity (Wildman–Crippen MR) is 77.9 cm³/mol. The number of rotatable bonds is 5. The minimum absolute atomic E-state index is 0.596. The van der Waals surface area contributed by atoms with Crippen molar-refractivity contribution in [2.75, 3.05) is 32.7 Å². The fourth-order valence-electron chi connectivity index (χ4n) is 3.46. The van der Waals surface area contributed by atoms with Gasteiger partial charge in [0, 0.05) is 44.3 Å². The van der Waals surface area contributed by atoms with E-state index in [0.717, 1.165) is 18.5 Å². The Kier molecular flexibility index (Phi) is 5.05. The Morgan fingerprint density at radius 1 is 1.11 bits per heavy atom. The minimum Gasteiger partial charge on any atom is -0.313 e. The molecule has 0 aromatic rings. The maximum absolute atomic E-state index is 3.63. The molecular weight excluding hydrogens is 222 g/mol. The van der Waals surface area contributed by atoms with Crippen LogP contribution in [0.2, 0.25) is 0 Å². The van der Waals surface area contributed by atoms with Gasteiger partial charge < -0.3 is 5.32 Å². The topological polar surface area (TPSA) is 18.5 Å². The summed E-state index contributed by atoms with van der Waals surface area (Å²) in [6.07, 6.45) is 2.83. The molecule has 18 heavy (non-hydrogen) atoms. The van der Waals surface area contributed by atoms with E-state index in [1.807, 2.05) is 0 Å². The molecule has 2 aliphatic heterocycles. The van der Waals surface area contributed by atoms with Crippen LogP contribution in [0.3, 0.4) is 0 Å². The molecule has 0 amide bonds. The predicted octanol–water partition coefficient (Wildman–Crippen LogP) is 1.79. The van der Waals surface area contributed by atoms with Gasteiger partial charge >= 0.3 is 0 Å². The summed E-state index contributed by atoms with van der Waals surface area (Å²) < 4.78 is 0. The van der Waals surface area contributed by atoms with Gasteiger partial charge in [0.15, 0.2) is 0 Å². The molecule has 0 aromatic carbocycles. The maximum Gasteiger partial charge on any atom is 0.0244 e. The third-order valence-electron chi connectivity index (χ3n) is 4.59. The summed E-state index contributed by atoms with van der Waals surface area (Å²) in [4.78, 5) is 5.44. The summed E-state index contributed by atoms with van der Waals surface area (Å²) in [5, 5.41) is 3.63. The molecular formula is C15H31N3. The Hall–Kier alpha value is -0.120. The molecule has 106 valence electrons. The van der Waals surface area contributed by atoms with Crippen LogP contribution >= 0.6 is 0 Å². The first-order valence-electron chi connectivity index (χ1n) is 7.79. The molecule has 2 unspecified atom stereocenters. The second-order valence-electron chi connectivity index (χ2n) is 6.70. The van der Waals surface area contributed by atoms with Crippen molar-refractivity contribution in [2.24, 2.45) is 5.92 Å². The van der Waals surface area contributed by atoms with Crippen molar-refractivity contribution < 1.29 is 0 Å². The van der Waals surface area contributed by atoms with Crippen LogP contribution in [0.1, 0.15) is 40.5 Å². The zero-order valence-corrected chi connectivity index (χ0v) is 12.7. The molecule has 3 heteroatoms. The van der Waals surface area contributed by atoms with E-state index in [1.165, 1.54) is 39.0 Å². The molecule has 2 aliphatic rings. The minimum atomic E-state index is 0.596. The molecule has 2 rings (SSSR count). The van der Waals surface area contributed by atoms with Crippen molar-refractivity contribution in [2.45, 2.75) is 58.7 Å². The highest BCUT2D eigenvalue weighted by atomic mass is 15.3. The van der Waals surface area contributed by atoms with Gasteiger partial charge in [-0.05, 0) is 25.3 Å². The van der Waals surface area contributed by atoms with E-state index in [4.69, 9.17) is 0 Å². The third-order valence-corrected chi connectivity index (χ3v) is 4.59. The summed E-state index contributed by atoms with van der Waals surface area (Å²) in [6.45, 7) is 15.6. The largest absolute Gasteiger partial charge is 0.313 e. The van der Waals surface area contributed by atoms with Gasteiger partial charge in [-0.25, -0.2) is 0 Å². The number of hydrogen-bond acceptors (Lipinski definition) is 3. The zero-order valence-electron chi connectivity index (χ0n) is 12.7. The first-order valence-corrected chi connectivity index (χ1v) is 7.79. The van der Waals surface area contributed by atoms with Crippen molar-refractivity contribution in [1.82, 2.24) is 15.1 Å². The average Bonchev–Trinajstić information content (AvgIpc) is 2.75. The fourth-order valence-corrected chi connectivity index (χ4v) is 3.46. The molecule has 0 bridgehead atoms. The van der Waals surface area contributed by atoms with Crippen LogP contribution in [0.4, 0.5) is 0 Å². The van der Waals surface area contributed by atoms with E-state index in [1.54, 1.807) is 0 Å². The SMILES string of the molecule is CC(C)NCC(C(C)C)N1CCN2CCCC2C1. The summed E-state index contributed by atoms with van der Waals surface area (Å²) in [5.74, 6) is 0.740. The van der Waals surface area contributed by atoms with Crippen LogP contribution in [0.15, 0.2) is 0 Å². The van der Waals surface area contributed by atoms with Crippen LogP contribution in [0, 0.1) is 5.92 Å². The van der Waals surface area contributed by atoms with Crippen LogP contribution < -0.4 is 5.32 Å². The van der Waals surface area contributed by atoms with Crippen molar-refractivity contribution in [1.29, 1.82) is 0 Å². The molecule has 0 aliphatic carbocycles. The van der Waals surface area contributed by atoms with Gasteiger partial charge in [0.25, 0.3) is 0 Å². The van der Waals surface area contributed by atoms with E-state index >= 15 is 0 Å². The molecule has 2 fully saturated rings. The van der Waals surface area contributed by atoms with Crippen LogP contribution in [-0.2, 0) is 0 Å². The monoisotopic (exact) mass is 253 g/mol. The van der Waals surface area contributed by atoms with E-state index in [-0.39, 0.29) is 0 Å². The maximum atomic E-state index is 3.63. The quantitative estimate of drug-likeness (QED) is 0.806. The van der Waals surface area contributed by atoms with Crippen molar-refractivity contribution in [3.8, 4) is 0 Å². The summed E-state index contributed by atoms with van der Waals surface area (Å²) in [7, 11) is 0. The highest BCUT2D eigenvalue weighted by molar-refractivity contribution is 4.90. The highest BCUT2D eigenvalue weighted by Crippen LogP contribution is 2.24. The molecule has 0 radical (unpaired) electrons. The number of piperazine rings is 1. The molecule has 0 aromatic heterocycles. The lowest BCUT2D eigenvalue weighted by molar-refractivity contribution is 0.0537. The standard InChI is InChI=1S/C15H31N3/c1-12(2)15(10-16-13(3)4)18-9-8-17-7-5-6-14(17)11-18/h12-16H,5-11H2,1-4H3. The van der Waals surface area contributed by atoms with Gasteiger partial charge in [-0.2, -0.15) is 0 Å². The Labute approximate surface area is 113 Å². The Balaban J connectivity index is 1.89. The lowest BCUT2D eigenvalue weighted by atomic mass is 9.99. The summed E-state index contributed by atoms with van der Waals surface area (Å²) in [5.41, 5.74) is 0. The summed E-state index contributed by atoms with van der Waals surface area (Å²) in [6, 6.07) is 2.15. The lowest BCUT2D eigenvalue weighted by Crippen LogP contribution is -2.57. The van der Waals surface area contributed by atoms with Gasteiger partial charge in [-0.1, -0.05) is 27.7 Å². The number of nitrogens with one attached hydrogen (secondary N) is 1. The number of nitrogens with zero attached hydrogens (tertiary/aromatic N) is 2. The normalized spacial score (nSPS) is 28.0. The molecule has 0 spiro atoms. The first-order chi connectivity index (χ1) is 8.58. The van der Waals surface area contributed by atoms with Gasteiger partial charge in [0.05, 0.1) is 0 Å². The second-order valence-corrected chi connectivity index (χ2v) is 6.70. The molecule has 2 heterocycles. The van der Waals surface area contributed by atoms with E-state index < -0.39 is 0 Å². The molecule has 2 atom stereocenters. The summed E-state index contributed by atoms with van der Waals surface area (Å²) >= 11 is 0. The Bertz CT molecular complexity index is 252. The van der Waals surface area contributed by atoms with E-state index in [2.05, 4.69) is 42.8 Å². The number of fused-ring (bicyclic) bond motifs is 1. The third kappa shape index (κ3) is 3.46. The van der Waals surface area contributed by atoms with E-state index in [0.29, 0.717) is 12.1 Å². The Morgan fingerprint density at radius 3 is 2.56 bits per heavy atom. The molecule has 2 saturated heterocycles. The van der Waals surface area contributed by atoms with Gasteiger partial charge in [-0.3, -0.25) is 9.80 Å². The molecule has 0 saturated carbocycles. The van der Waals surface area contributed by atoms with Gasteiger partial charge in [0.1, 0.15) is 0 Å². The second kappa shape index (κ2) is 6.36. The van der Waals surface area contributed by atoms with Gasteiger partial charge in [0.2, 0.25) is 0 Å². The van der Waals surface area contributed by atoms with Crippen molar-refractivity contribution in [3.05, 3.63) is 0 Å². The lowest BCUT2D eigenvalue weighted by Gasteiger charge is -2.43. The van der Waals surface area contributed by atoms with Gasteiger partial charge in [-0.15, -0.1) is 0 Å². The van der Waals surface area contributed by atoms with E-state index in [9.17, 15) is 0 Å². The number of hydrogen-bond donors (Lipinski definition) is 1. The molecule has 3 nitrogen and oxygen atoms in total. The average molecular weight is 253 g/mol. The van der Waals surface area contributed by atoms with Crippen LogP contribution in [0.5, 0.6) is 0 Å². The van der Waals surface area contributed by atoms with Crippen molar-refractivity contribution in [3.63, 3.8) is 0 Å². The first kappa shape index (κ1) is 14.3. The zero-order chi connectivity index (χ0) is 13.1. The fraction of sp³-hybridized carbons (Fsp3) is 1.00. The smallest absolute Gasteiger partial charge is 0.0244 e.